The molecule has 0 aliphatic rings. The monoisotopic (exact) mass is 725 g/mol. The average Bonchev–Trinajstić information content (AvgIpc) is 3.04. The van der Waals surface area contributed by atoms with Crippen molar-refractivity contribution in [3.05, 3.63) is 129 Å². The number of likely N-dealkylation sites (N-methyl/N-ethyl adjacent to an activating group) is 1. The van der Waals surface area contributed by atoms with Crippen LogP contribution in [0.15, 0.2) is 102 Å². The highest BCUT2D eigenvalue weighted by Gasteiger charge is 2.37. The molecular formula is C33H29Cl3F3N3O4S. The first kappa shape index (κ1) is 36.1. The summed E-state index contributed by atoms with van der Waals surface area (Å²) in [5.41, 5.74) is -0.574. The molecule has 4 rings (SSSR count). The third-order valence-corrected chi connectivity index (χ3v) is 9.94. The molecule has 248 valence electrons. The van der Waals surface area contributed by atoms with Crippen molar-refractivity contribution >= 4 is 62.3 Å². The van der Waals surface area contributed by atoms with Crippen molar-refractivity contribution < 1.29 is 31.2 Å². The van der Waals surface area contributed by atoms with Crippen molar-refractivity contribution in [3.8, 4) is 0 Å². The van der Waals surface area contributed by atoms with E-state index in [9.17, 15) is 31.2 Å². The molecule has 0 aliphatic heterocycles. The number of nitrogens with one attached hydrogen (secondary N) is 1. The van der Waals surface area contributed by atoms with Gasteiger partial charge in [-0.2, -0.15) is 13.2 Å². The number of sulfonamides is 1. The topological polar surface area (TPSA) is 86.8 Å². The highest BCUT2D eigenvalue weighted by atomic mass is 35.5. The molecule has 14 heteroatoms. The van der Waals surface area contributed by atoms with Crippen molar-refractivity contribution in [2.45, 2.75) is 37.0 Å². The summed E-state index contributed by atoms with van der Waals surface area (Å²) in [4.78, 5) is 28.9. The van der Waals surface area contributed by atoms with Gasteiger partial charge >= 0.3 is 6.18 Å². The Bertz CT molecular complexity index is 1830. The largest absolute Gasteiger partial charge is 0.416 e. The van der Waals surface area contributed by atoms with Crippen LogP contribution in [0.2, 0.25) is 15.1 Å². The third-order valence-electron chi connectivity index (χ3n) is 7.11. The van der Waals surface area contributed by atoms with Crippen molar-refractivity contribution in [2.24, 2.45) is 0 Å². The number of rotatable bonds is 12. The summed E-state index contributed by atoms with van der Waals surface area (Å²) in [6.45, 7) is 0.712. The molecule has 0 heterocycles. The number of carbonyl (C=O) groups excluding carboxylic acids is 2. The molecule has 0 aliphatic carbocycles. The van der Waals surface area contributed by atoms with Crippen molar-refractivity contribution in [3.63, 3.8) is 0 Å². The van der Waals surface area contributed by atoms with Crippen molar-refractivity contribution in [2.75, 3.05) is 17.4 Å². The van der Waals surface area contributed by atoms with Gasteiger partial charge in [0.2, 0.25) is 11.8 Å². The molecule has 4 aromatic rings. The highest BCUT2D eigenvalue weighted by molar-refractivity contribution is 7.92. The first-order valence-corrected chi connectivity index (χ1v) is 16.8. The number of hydrogen-bond donors (Lipinski definition) is 1. The molecule has 0 fully saturated rings. The van der Waals surface area contributed by atoms with Gasteiger partial charge in [0.1, 0.15) is 12.6 Å². The van der Waals surface area contributed by atoms with Gasteiger partial charge in [0.25, 0.3) is 10.0 Å². The van der Waals surface area contributed by atoms with E-state index in [1.807, 2.05) is 0 Å². The summed E-state index contributed by atoms with van der Waals surface area (Å²) in [5, 5.41) is 2.81. The maximum absolute atomic E-state index is 14.4. The number of carbonyl (C=O) groups is 2. The Labute approximate surface area is 285 Å². The first-order chi connectivity index (χ1) is 22.2. The third kappa shape index (κ3) is 8.98. The Hall–Kier alpha value is -3.77. The maximum atomic E-state index is 14.4. The van der Waals surface area contributed by atoms with Gasteiger partial charge in [0.15, 0.2) is 0 Å². The van der Waals surface area contributed by atoms with Crippen LogP contribution in [0.1, 0.15) is 23.6 Å². The molecule has 4 aromatic carbocycles. The van der Waals surface area contributed by atoms with E-state index in [4.69, 9.17) is 34.8 Å². The number of nitrogens with zero attached hydrogens (tertiary/aromatic N) is 2. The van der Waals surface area contributed by atoms with E-state index < -0.39 is 51.9 Å². The normalized spacial score (nSPS) is 12.3. The van der Waals surface area contributed by atoms with Crippen LogP contribution in [0.4, 0.5) is 18.9 Å². The molecular weight excluding hydrogens is 698 g/mol. The van der Waals surface area contributed by atoms with Crippen LogP contribution in [0.5, 0.6) is 0 Å². The number of anilines is 1. The van der Waals surface area contributed by atoms with E-state index in [1.54, 1.807) is 49.4 Å². The molecule has 47 heavy (non-hydrogen) atoms. The molecule has 1 atom stereocenters. The van der Waals surface area contributed by atoms with Gasteiger partial charge in [-0.05, 0) is 60.5 Å². The Kier molecular flexibility index (Phi) is 11.8. The molecule has 0 saturated heterocycles. The first-order valence-electron chi connectivity index (χ1n) is 14.2. The van der Waals surface area contributed by atoms with E-state index in [2.05, 4.69) is 5.32 Å². The smallest absolute Gasteiger partial charge is 0.355 e. The molecule has 0 unspecified atom stereocenters. The molecule has 7 nitrogen and oxygen atoms in total. The number of benzene rings is 4. The van der Waals surface area contributed by atoms with E-state index in [0.29, 0.717) is 27.6 Å². The summed E-state index contributed by atoms with van der Waals surface area (Å²) < 4.78 is 70.0. The SMILES string of the molecule is CCNC(=O)[C@H](Cc1ccccc1)N(Cc1ccc(Cl)c(Cl)c1)C(=O)CN(c1cc(C(F)(F)F)ccc1Cl)S(=O)(=O)c1ccccc1. The van der Waals surface area contributed by atoms with Crippen LogP contribution >= 0.6 is 34.8 Å². The molecule has 1 N–H and O–H groups in total. The second kappa shape index (κ2) is 15.4. The zero-order chi connectivity index (χ0) is 34.4. The fraction of sp³-hybridized carbons (Fsp3) is 0.212. The standard InChI is InChI=1S/C33H29Cl3F3N3O4S/c1-2-40-32(44)30(18-22-9-5-3-6-10-22)41(20-23-13-15-26(34)28(36)17-23)31(43)21-42(47(45,46)25-11-7-4-8-12-25)29-19-24(33(37,38)39)14-16-27(29)35/h3-17,19,30H,2,18,20-21H2,1H3,(H,40,44)/t30-/m0/s1. The predicted molar refractivity (Wildman–Crippen MR) is 177 cm³/mol. The number of hydrogen-bond acceptors (Lipinski definition) is 4. The fourth-order valence-electron chi connectivity index (χ4n) is 4.79. The van der Waals surface area contributed by atoms with Gasteiger partial charge in [0.05, 0.1) is 31.2 Å². The Morgan fingerprint density at radius 2 is 1.43 bits per heavy atom. The lowest BCUT2D eigenvalue weighted by molar-refractivity contribution is -0.140. The van der Waals surface area contributed by atoms with Crippen LogP contribution < -0.4 is 9.62 Å². The van der Waals surface area contributed by atoms with Gasteiger partial charge in [-0.15, -0.1) is 0 Å². The Morgan fingerprint density at radius 3 is 2.02 bits per heavy atom. The summed E-state index contributed by atoms with van der Waals surface area (Å²) in [7, 11) is -4.67. The summed E-state index contributed by atoms with van der Waals surface area (Å²) in [5.74, 6) is -1.42. The van der Waals surface area contributed by atoms with Gasteiger partial charge in [0, 0.05) is 19.5 Å². The second-order valence-electron chi connectivity index (χ2n) is 10.4. The lowest BCUT2D eigenvalue weighted by Gasteiger charge is -2.34. The van der Waals surface area contributed by atoms with Gasteiger partial charge in [-0.3, -0.25) is 13.9 Å². The zero-order valence-electron chi connectivity index (χ0n) is 24.8. The maximum Gasteiger partial charge on any atom is 0.416 e. The van der Waals surface area contributed by atoms with Gasteiger partial charge < -0.3 is 10.2 Å². The molecule has 2 amide bonds. The van der Waals surface area contributed by atoms with E-state index in [1.165, 1.54) is 41.3 Å². The summed E-state index contributed by atoms with van der Waals surface area (Å²) in [6.07, 6.45) is -4.81. The van der Waals surface area contributed by atoms with Crippen LogP contribution in [-0.2, 0) is 38.8 Å². The zero-order valence-corrected chi connectivity index (χ0v) is 27.9. The molecule has 0 saturated carbocycles. The van der Waals surface area contributed by atoms with Gasteiger partial charge in [-0.1, -0.05) is 89.4 Å². The van der Waals surface area contributed by atoms with E-state index in [0.717, 1.165) is 6.07 Å². The van der Waals surface area contributed by atoms with Crippen molar-refractivity contribution in [1.29, 1.82) is 0 Å². The van der Waals surface area contributed by atoms with Gasteiger partial charge in [-0.25, -0.2) is 8.42 Å². The molecule has 0 spiro atoms. The quantitative estimate of drug-likeness (QED) is 0.163. The second-order valence-corrected chi connectivity index (χ2v) is 13.4. The highest BCUT2D eigenvalue weighted by Crippen LogP contribution is 2.37. The predicted octanol–water partition coefficient (Wildman–Crippen LogP) is 7.64. The summed E-state index contributed by atoms with van der Waals surface area (Å²) in [6, 6.07) is 21.4. The Morgan fingerprint density at radius 1 is 0.809 bits per heavy atom. The fourth-order valence-corrected chi connectivity index (χ4v) is 6.83. The number of alkyl halides is 3. The van der Waals surface area contributed by atoms with Crippen LogP contribution in [0, 0.1) is 0 Å². The molecule has 0 bridgehead atoms. The molecule has 0 radical (unpaired) electrons. The van der Waals surface area contributed by atoms with E-state index >= 15 is 0 Å². The van der Waals surface area contributed by atoms with Crippen molar-refractivity contribution in [1.82, 2.24) is 10.2 Å². The Balaban J connectivity index is 1.87. The van der Waals surface area contributed by atoms with Crippen LogP contribution in [0.25, 0.3) is 0 Å². The lowest BCUT2D eigenvalue weighted by Crippen LogP contribution is -2.53. The molecule has 0 aromatic heterocycles. The summed E-state index contributed by atoms with van der Waals surface area (Å²) >= 11 is 18.7. The minimum absolute atomic E-state index is 0.0372. The minimum Gasteiger partial charge on any atom is -0.355 e. The lowest BCUT2D eigenvalue weighted by atomic mass is 10.0. The number of amides is 2. The number of halogens is 6. The van der Waals surface area contributed by atoms with Crippen LogP contribution in [0.3, 0.4) is 0 Å². The van der Waals surface area contributed by atoms with Crippen LogP contribution in [-0.4, -0.2) is 44.3 Å². The van der Waals surface area contributed by atoms with E-state index in [-0.39, 0.29) is 39.5 Å². The minimum atomic E-state index is -4.84. The average molecular weight is 727 g/mol.